The number of hydrogen-bond acceptors (Lipinski definition) is 1. The fraction of sp³-hybridized carbons (Fsp3) is 0.600. The quantitative estimate of drug-likeness (QED) is 0.245. The van der Waals surface area contributed by atoms with Gasteiger partial charge in [0.05, 0.1) is 6.61 Å². The number of ether oxygens (including phenoxy) is 1. The second-order valence-electron chi connectivity index (χ2n) is 9.81. The topological polar surface area (TPSA) is 9.23 Å². The van der Waals surface area contributed by atoms with Crippen molar-refractivity contribution in [1.29, 1.82) is 0 Å². The van der Waals surface area contributed by atoms with Gasteiger partial charge in [-0.3, -0.25) is 0 Å². The van der Waals surface area contributed by atoms with Crippen LogP contribution in [0.1, 0.15) is 97.5 Å². The molecule has 0 heterocycles. The van der Waals surface area contributed by atoms with Crippen molar-refractivity contribution in [3.05, 3.63) is 54.1 Å². The van der Waals surface area contributed by atoms with E-state index < -0.39 is 0 Å². The van der Waals surface area contributed by atoms with Crippen LogP contribution in [0.15, 0.2) is 48.5 Å². The van der Waals surface area contributed by atoms with Gasteiger partial charge in [0.1, 0.15) is 5.75 Å². The Morgan fingerprint density at radius 2 is 1.26 bits per heavy atom. The molecule has 0 amide bonds. The van der Waals surface area contributed by atoms with Crippen molar-refractivity contribution in [2.24, 2.45) is 11.8 Å². The van der Waals surface area contributed by atoms with Crippen LogP contribution in [0.5, 0.6) is 5.75 Å². The first-order valence-electron chi connectivity index (χ1n) is 12.9. The minimum atomic E-state index is 0.743. The van der Waals surface area contributed by atoms with Gasteiger partial charge in [-0.2, -0.15) is 0 Å². The molecule has 0 saturated heterocycles. The van der Waals surface area contributed by atoms with E-state index in [-0.39, 0.29) is 0 Å². The Hall–Kier alpha value is -1.76. The van der Waals surface area contributed by atoms with E-state index in [4.69, 9.17) is 4.74 Å². The van der Waals surface area contributed by atoms with Crippen molar-refractivity contribution in [1.82, 2.24) is 0 Å². The van der Waals surface area contributed by atoms with Crippen molar-refractivity contribution in [2.45, 2.75) is 98.3 Å². The summed E-state index contributed by atoms with van der Waals surface area (Å²) in [5.41, 5.74) is 4.01. The molecule has 2 rings (SSSR count). The first-order chi connectivity index (χ1) is 15.1. The van der Waals surface area contributed by atoms with Crippen molar-refractivity contribution in [2.75, 3.05) is 6.61 Å². The lowest BCUT2D eigenvalue weighted by atomic mass is 9.98. The van der Waals surface area contributed by atoms with Gasteiger partial charge in [-0.25, -0.2) is 0 Å². The summed E-state index contributed by atoms with van der Waals surface area (Å²) in [5.74, 6) is 2.55. The number of aryl methyl sites for hydroxylation is 1. The van der Waals surface area contributed by atoms with Crippen LogP contribution in [0, 0.1) is 11.8 Å². The highest BCUT2D eigenvalue weighted by atomic mass is 16.5. The van der Waals surface area contributed by atoms with E-state index >= 15 is 0 Å². The zero-order valence-corrected chi connectivity index (χ0v) is 20.7. The molecule has 1 heteroatoms. The summed E-state index contributed by atoms with van der Waals surface area (Å²) in [4.78, 5) is 0. The molecule has 0 radical (unpaired) electrons. The SMILES string of the molecule is CCCCCCCCc1ccc(-c2ccc(OCCC(C)CCCC(C)C)cc2)cc1. The monoisotopic (exact) mass is 422 g/mol. The van der Waals surface area contributed by atoms with Crippen molar-refractivity contribution < 1.29 is 4.74 Å². The molecule has 1 atom stereocenters. The molecule has 0 fully saturated rings. The predicted octanol–water partition coefficient (Wildman–Crippen LogP) is 9.49. The van der Waals surface area contributed by atoms with Crippen molar-refractivity contribution >= 4 is 0 Å². The molecule has 0 bridgehead atoms. The minimum absolute atomic E-state index is 0.743. The van der Waals surface area contributed by atoms with Gasteiger partial charge in [0, 0.05) is 0 Å². The lowest BCUT2D eigenvalue weighted by molar-refractivity contribution is 0.276. The smallest absolute Gasteiger partial charge is 0.119 e. The van der Waals surface area contributed by atoms with E-state index in [1.807, 2.05) is 0 Å². The number of rotatable bonds is 16. The second-order valence-corrected chi connectivity index (χ2v) is 9.81. The van der Waals surface area contributed by atoms with Crippen LogP contribution in [0.4, 0.5) is 0 Å². The molecule has 31 heavy (non-hydrogen) atoms. The first-order valence-corrected chi connectivity index (χ1v) is 12.9. The third-order valence-corrected chi connectivity index (χ3v) is 6.32. The Morgan fingerprint density at radius 1 is 0.645 bits per heavy atom. The Balaban J connectivity index is 1.70. The van der Waals surface area contributed by atoms with Gasteiger partial charge in [-0.1, -0.05) is 115 Å². The molecule has 0 spiro atoms. The van der Waals surface area contributed by atoms with Gasteiger partial charge in [-0.05, 0) is 59.9 Å². The van der Waals surface area contributed by atoms with Crippen molar-refractivity contribution in [3.63, 3.8) is 0 Å². The molecule has 2 aromatic carbocycles. The lowest BCUT2D eigenvalue weighted by Gasteiger charge is -2.13. The normalized spacial score (nSPS) is 12.3. The van der Waals surface area contributed by atoms with Crippen LogP contribution >= 0.6 is 0 Å². The van der Waals surface area contributed by atoms with Crippen LogP contribution in [0.25, 0.3) is 11.1 Å². The lowest BCUT2D eigenvalue weighted by Crippen LogP contribution is -2.04. The largest absolute Gasteiger partial charge is 0.494 e. The summed E-state index contributed by atoms with van der Waals surface area (Å²) in [5, 5.41) is 0. The molecular formula is C30H46O. The second kappa shape index (κ2) is 15.1. The van der Waals surface area contributed by atoms with Crippen molar-refractivity contribution in [3.8, 4) is 16.9 Å². The molecule has 1 nitrogen and oxygen atoms in total. The zero-order chi connectivity index (χ0) is 22.3. The molecule has 0 saturated carbocycles. The van der Waals surface area contributed by atoms with E-state index in [1.54, 1.807) is 0 Å². The first kappa shape index (κ1) is 25.5. The molecule has 0 aliphatic carbocycles. The van der Waals surface area contributed by atoms with E-state index in [0.717, 1.165) is 30.6 Å². The number of hydrogen-bond donors (Lipinski definition) is 0. The van der Waals surface area contributed by atoms with Gasteiger partial charge in [0.15, 0.2) is 0 Å². The maximum atomic E-state index is 5.99. The standard InChI is InChI=1S/C30H46O/c1-5-6-7-8-9-10-14-27-15-17-28(18-16-27)29-19-21-30(22-20-29)31-24-23-26(4)13-11-12-25(2)3/h15-22,25-26H,5-14,23-24H2,1-4H3. The van der Waals surface area contributed by atoms with E-state index in [9.17, 15) is 0 Å². The third kappa shape index (κ3) is 10.9. The Morgan fingerprint density at radius 3 is 1.90 bits per heavy atom. The zero-order valence-electron chi connectivity index (χ0n) is 20.7. The van der Waals surface area contributed by atoms with Crippen LogP contribution in [0.2, 0.25) is 0 Å². The summed E-state index contributed by atoms with van der Waals surface area (Å²) >= 11 is 0. The molecule has 172 valence electrons. The highest BCUT2D eigenvalue weighted by Crippen LogP contribution is 2.24. The van der Waals surface area contributed by atoms with Crippen LogP contribution < -0.4 is 4.74 Å². The maximum Gasteiger partial charge on any atom is 0.119 e. The molecule has 1 unspecified atom stereocenters. The Bertz CT molecular complexity index is 683. The van der Waals surface area contributed by atoms with E-state index in [0.29, 0.717) is 0 Å². The molecule has 0 aliphatic rings. The predicted molar refractivity (Wildman–Crippen MR) is 137 cm³/mol. The molecule has 0 aromatic heterocycles. The van der Waals surface area contributed by atoms with Gasteiger partial charge in [-0.15, -0.1) is 0 Å². The van der Waals surface area contributed by atoms with Crippen LogP contribution in [0.3, 0.4) is 0 Å². The average Bonchev–Trinajstić information content (AvgIpc) is 2.77. The van der Waals surface area contributed by atoms with Crippen LogP contribution in [-0.4, -0.2) is 6.61 Å². The third-order valence-electron chi connectivity index (χ3n) is 6.32. The molecule has 0 aliphatic heterocycles. The summed E-state index contributed by atoms with van der Waals surface area (Å²) in [6, 6.07) is 17.7. The Kier molecular flexibility index (Phi) is 12.4. The van der Waals surface area contributed by atoms with Gasteiger partial charge in [0.2, 0.25) is 0 Å². The summed E-state index contributed by atoms with van der Waals surface area (Å²) in [6.45, 7) is 10.1. The fourth-order valence-electron chi connectivity index (χ4n) is 4.11. The fourth-order valence-corrected chi connectivity index (χ4v) is 4.11. The van der Waals surface area contributed by atoms with E-state index in [1.165, 1.54) is 80.9 Å². The summed E-state index contributed by atoms with van der Waals surface area (Å²) in [7, 11) is 0. The Labute approximate surface area is 192 Å². The maximum absolute atomic E-state index is 5.99. The van der Waals surface area contributed by atoms with Gasteiger partial charge in [0.25, 0.3) is 0 Å². The summed E-state index contributed by atoms with van der Waals surface area (Å²) < 4.78 is 5.99. The molecule has 2 aromatic rings. The number of benzene rings is 2. The highest BCUT2D eigenvalue weighted by Gasteiger charge is 2.05. The van der Waals surface area contributed by atoms with Gasteiger partial charge < -0.3 is 4.74 Å². The number of unbranched alkanes of at least 4 members (excludes halogenated alkanes) is 5. The average molecular weight is 423 g/mol. The molecular weight excluding hydrogens is 376 g/mol. The van der Waals surface area contributed by atoms with E-state index in [2.05, 4.69) is 76.2 Å². The molecule has 0 N–H and O–H groups in total. The highest BCUT2D eigenvalue weighted by molar-refractivity contribution is 5.64. The van der Waals surface area contributed by atoms with Gasteiger partial charge >= 0.3 is 0 Å². The minimum Gasteiger partial charge on any atom is -0.494 e. The van der Waals surface area contributed by atoms with Crippen LogP contribution in [-0.2, 0) is 6.42 Å². The summed E-state index contributed by atoms with van der Waals surface area (Å²) in [6.07, 6.45) is 14.5.